The fourth-order valence-electron chi connectivity index (χ4n) is 3.72. The van der Waals surface area contributed by atoms with Crippen molar-refractivity contribution >= 4 is 44.7 Å². The van der Waals surface area contributed by atoms with Crippen LogP contribution in [0.3, 0.4) is 0 Å². The van der Waals surface area contributed by atoms with E-state index < -0.39 is 6.10 Å². The maximum Gasteiger partial charge on any atom is 0.267 e. The van der Waals surface area contributed by atoms with Crippen LogP contribution in [-0.4, -0.2) is 29.4 Å². The van der Waals surface area contributed by atoms with Crippen molar-refractivity contribution < 1.29 is 14.3 Å². The number of carbonyl (C=O) groups excluding carboxylic acids is 2. The Morgan fingerprint density at radius 1 is 1.06 bits per heavy atom. The van der Waals surface area contributed by atoms with Crippen LogP contribution in [0.4, 0.5) is 11.4 Å². The van der Waals surface area contributed by atoms with Crippen LogP contribution < -0.4 is 15.0 Å². The molecule has 6 nitrogen and oxygen atoms in total. The van der Waals surface area contributed by atoms with Crippen LogP contribution in [0, 0.1) is 0 Å². The number of thiazole rings is 1. The molecule has 160 valence electrons. The van der Waals surface area contributed by atoms with Gasteiger partial charge in [0.1, 0.15) is 10.8 Å². The summed E-state index contributed by atoms with van der Waals surface area (Å²) < 4.78 is 6.79. The van der Waals surface area contributed by atoms with Crippen molar-refractivity contribution in [2.75, 3.05) is 16.8 Å². The van der Waals surface area contributed by atoms with E-state index in [1.165, 1.54) is 0 Å². The zero-order chi connectivity index (χ0) is 22.1. The molecule has 2 heterocycles. The Morgan fingerprint density at radius 2 is 1.81 bits per heavy atom. The van der Waals surface area contributed by atoms with Crippen molar-refractivity contribution in [3.63, 3.8) is 0 Å². The molecule has 1 N–H and O–H groups in total. The summed E-state index contributed by atoms with van der Waals surface area (Å²) in [7, 11) is 0. The number of nitrogens with zero attached hydrogens (tertiary/aromatic N) is 2. The Labute approximate surface area is 189 Å². The molecule has 1 aliphatic heterocycles. The summed E-state index contributed by atoms with van der Waals surface area (Å²) in [6.07, 6.45) is -0.380. The Kier molecular flexibility index (Phi) is 5.33. The molecule has 0 fully saturated rings. The third-order valence-electron chi connectivity index (χ3n) is 5.35. The van der Waals surface area contributed by atoms with Crippen LogP contribution in [0.15, 0.2) is 72.8 Å². The summed E-state index contributed by atoms with van der Waals surface area (Å²) in [5, 5.41) is 3.86. The van der Waals surface area contributed by atoms with E-state index >= 15 is 0 Å². The molecule has 0 saturated heterocycles. The molecule has 1 atom stereocenters. The predicted octanol–water partition coefficient (Wildman–Crippen LogP) is 5.11. The third kappa shape index (κ3) is 3.94. The van der Waals surface area contributed by atoms with E-state index in [1.54, 1.807) is 23.2 Å². The minimum Gasteiger partial charge on any atom is -0.479 e. The zero-order valence-corrected chi connectivity index (χ0v) is 18.3. The zero-order valence-electron chi connectivity index (χ0n) is 17.4. The van der Waals surface area contributed by atoms with Gasteiger partial charge in [-0.3, -0.25) is 9.59 Å². The lowest BCUT2D eigenvalue weighted by Crippen LogP contribution is -2.45. The smallest absolute Gasteiger partial charge is 0.267 e. The summed E-state index contributed by atoms with van der Waals surface area (Å²) in [4.78, 5) is 31.4. The highest BCUT2D eigenvalue weighted by molar-refractivity contribution is 7.21. The van der Waals surface area contributed by atoms with Gasteiger partial charge in [0.05, 0.1) is 15.9 Å². The van der Waals surface area contributed by atoms with Crippen LogP contribution in [0.25, 0.3) is 20.8 Å². The van der Waals surface area contributed by atoms with Crippen LogP contribution in [0.2, 0.25) is 0 Å². The summed E-state index contributed by atoms with van der Waals surface area (Å²) in [6.45, 7) is 2.01. The van der Waals surface area contributed by atoms with Gasteiger partial charge < -0.3 is 15.0 Å². The number of benzene rings is 3. The van der Waals surface area contributed by atoms with E-state index in [0.717, 1.165) is 20.8 Å². The first kappa shape index (κ1) is 20.2. The summed E-state index contributed by atoms with van der Waals surface area (Å²) in [5.74, 6) is 0.365. The molecule has 5 rings (SSSR count). The molecule has 0 bridgehead atoms. The van der Waals surface area contributed by atoms with E-state index in [9.17, 15) is 9.59 Å². The lowest BCUT2D eigenvalue weighted by atomic mass is 10.1. The minimum absolute atomic E-state index is 0.142. The number of amides is 2. The van der Waals surface area contributed by atoms with Gasteiger partial charge in [0.15, 0.2) is 6.10 Å². The van der Waals surface area contributed by atoms with Gasteiger partial charge in [-0.1, -0.05) is 24.3 Å². The number of hydrogen-bond donors (Lipinski definition) is 1. The number of hydrogen-bond acceptors (Lipinski definition) is 5. The van der Waals surface area contributed by atoms with Gasteiger partial charge in [-0.2, -0.15) is 0 Å². The Hall–Kier alpha value is -3.71. The van der Waals surface area contributed by atoms with Gasteiger partial charge in [-0.25, -0.2) is 4.98 Å². The molecule has 4 aromatic rings. The van der Waals surface area contributed by atoms with E-state index in [0.29, 0.717) is 23.7 Å². The van der Waals surface area contributed by atoms with Gasteiger partial charge in [0.2, 0.25) is 5.91 Å². The first-order valence-corrected chi connectivity index (χ1v) is 11.2. The second-order valence-corrected chi connectivity index (χ2v) is 8.61. The lowest BCUT2D eigenvalue weighted by molar-refractivity contribution is -0.125. The quantitative estimate of drug-likeness (QED) is 0.466. The number of rotatable bonds is 5. The van der Waals surface area contributed by atoms with Crippen molar-refractivity contribution in [2.24, 2.45) is 0 Å². The monoisotopic (exact) mass is 443 g/mol. The van der Waals surface area contributed by atoms with Gasteiger partial charge >= 0.3 is 0 Å². The second-order valence-electron chi connectivity index (χ2n) is 7.58. The summed E-state index contributed by atoms with van der Waals surface area (Å²) in [6, 6.07) is 23.1. The highest BCUT2D eigenvalue weighted by Gasteiger charge is 2.31. The maximum absolute atomic E-state index is 12.6. The second kappa shape index (κ2) is 8.43. The highest BCUT2D eigenvalue weighted by Crippen LogP contribution is 2.34. The largest absolute Gasteiger partial charge is 0.479 e. The number of carbonyl (C=O) groups is 2. The molecule has 3 aromatic carbocycles. The van der Waals surface area contributed by atoms with Crippen molar-refractivity contribution in [3.8, 4) is 16.3 Å². The molecule has 32 heavy (non-hydrogen) atoms. The standard InChI is InChI=1S/C25H21N3O3S/c1-16-25(30)28(20-7-3-4-8-21(20)31-16)15-14-23(29)26-18-12-10-17(11-13-18)24-27-19-6-2-5-9-22(19)32-24/h2-13,16H,14-15H2,1H3,(H,26,29). The number of aromatic nitrogens is 1. The molecule has 0 saturated carbocycles. The molecular formula is C25H21N3O3S. The molecule has 2 amide bonds. The number of anilines is 2. The molecular weight excluding hydrogens is 422 g/mol. The van der Waals surface area contributed by atoms with Gasteiger partial charge in [0, 0.05) is 24.2 Å². The number of nitrogens with one attached hydrogen (secondary N) is 1. The number of ether oxygens (including phenoxy) is 1. The van der Waals surface area contributed by atoms with Crippen molar-refractivity contribution in [3.05, 3.63) is 72.8 Å². The third-order valence-corrected chi connectivity index (χ3v) is 6.43. The SMILES string of the molecule is CC1Oc2ccccc2N(CCC(=O)Nc2ccc(-c3nc4ccccc4s3)cc2)C1=O. The predicted molar refractivity (Wildman–Crippen MR) is 127 cm³/mol. The van der Waals surface area contributed by atoms with Gasteiger partial charge in [0.25, 0.3) is 5.91 Å². The number of para-hydroxylation sites is 3. The van der Waals surface area contributed by atoms with Crippen LogP contribution in [0.5, 0.6) is 5.75 Å². The average Bonchev–Trinajstić information content (AvgIpc) is 3.24. The molecule has 0 radical (unpaired) electrons. The molecule has 1 unspecified atom stereocenters. The van der Waals surface area contributed by atoms with E-state index in [2.05, 4.69) is 16.4 Å². The van der Waals surface area contributed by atoms with E-state index in [4.69, 9.17) is 4.74 Å². The lowest BCUT2D eigenvalue weighted by Gasteiger charge is -2.32. The first-order valence-electron chi connectivity index (χ1n) is 10.4. The van der Waals surface area contributed by atoms with Crippen molar-refractivity contribution in [2.45, 2.75) is 19.4 Å². The van der Waals surface area contributed by atoms with Crippen LogP contribution in [-0.2, 0) is 9.59 Å². The normalized spacial score (nSPS) is 15.3. The molecule has 1 aliphatic rings. The van der Waals surface area contributed by atoms with Crippen molar-refractivity contribution in [1.29, 1.82) is 0 Å². The fraction of sp³-hybridized carbons (Fsp3) is 0.160. The minimum atomic E-state index is -0.567. The number of fused-ring (bicyclic) bond motifs is 2. The Bertz CT molecular complexity index is 1270. The van der Waals surface area contributed by atoms with Crippen LogP contribution >= 0.6 is 11.3 Å². The first-order chi connectivity index (χ1) is 15.6. The summed E-state index contributed by atoms with van der Waals surface area (Å²) in [5.41, 5.74) is 3.40. The van der Waals surface area contributed by atoms with E-state index in [1.807, 2.05) is 66.7 Å². The Balaban J connectivity index is 1.23. The van der Waals surface area contributed by atoms with Gasteiger partial charge in [-0.15, -0.1) is 11.3 Å². The van der Waals surface area contributed by atoms with E-state index in [-0.39, 0.29) is 18.2 Å². The summed E-state index contributed by atoms with van der Waals surface area (Å²) >= 11 is 1.64. The average molecular weight is 444 g/mol. The fourth-order valence-corrected chi connectivity index (χ4v) is 4.69. The van der Waals surface area contributed by atoms with Crippen molar-refractivity contribution in [1.82, 2.24) is 4.98 Å². The topological polar surface area (TPSA) is 71.5 Å². The highest BCUT2D eigenvalue weighted by atomic mass is 32.1. The maximum atomic E-state index is 12.6. The molecule has 0 aliphatic carbocycles. The molecule has 1 aromatic heterocycles. The molecule has 0 spiro atoms. The molecule has 7 heteroatoms. The van der Waals surface area contributed by atoms with Gasteiger partial charge in [-0.05, 0) is 55.5 Å². The Morgan fingerprint density at radius 3 is 2.62 bits per heavy atom. The van der Waals surface area contributed by atoms with Crippen LogP contribution in [0.1, 0.15) is 13.3 Å².